The Bertz CT molecular complexity index is 405. The molecule has 0 N–H and O–H groups in total. The Morgan fingerprint density at radius 3 is 2.56 bits per heavy atom. The number of ketones is 1. The highest BCUT2D eigenvalue weighted by Gasteiger charge is 2.14. The fourth-order valence-corrected chi connectivity index (χ4v) is 2.17. The molecule has 0 aliphatic rings. The second-order valence-corrected chi connectivity index (χ2v) is 4.39. The maximum atomic E-state index is 12.1. The summed E-state index contributed by atoms with van der Waals surface area (Å²) in [5, 5.41) is 0. The lowest BCUT2D eigenvalue weighted by atomic mass is 10.1. The summed E-state index contributed by atoms with van der Waals surface area (Å²) in [6.07, 6.45) is 0.541. The fourth-order valence-electron chi connectivity index (χ4n) is 1.35. The first kappa shape index (κ1) is 13.3. The zero-order chi connectivity index (χ0) is 12.3. The number of hydrogen-bond acceptors (Lipinski definition) is 2. The predicted octanol–water partition coefficient (Wildman–Crippen LogP) is 3.66. The summed E-state index contributed by atoms with van der Waals surface area (Å²) in [4.78, 5) is 11.3. The van der Waals surface area contributed by atoms with Crippen LogP contribution in [0.25, 0.3) is 0 Å². The molecule has 1 rings (SSSR count). The summed E-state index contributed by atoms with van der Waals surface area (Å²) in [5.41, 5.74) is 1.16. The third kappa shape index (κ3) is 3.13. The Balaban J connectivity index is 3.21. The molecule has 0 saturated heterocycles. The monoisotopic (exact) mass is 340 g/mol. The number of ether oxygens (including phenoxy) is 1. The van der Waals surface area contributed by atoms with Crippen LogP contribution in [0.3, 0.4) is 0 Å². The van der Waals surface area contributed by atoms with Gasteiger partial charge in [0.1, 0.15) is 5.75 Å². The van der Waals surface area contributed by atoms with Crippen molar-refractivity contribution in [2.24, 2.45) is 0 Å². The standard InChI is InChI=1S/C11H11F2IO2/c1-3-7-4-8(6(2)15)9(14)5-10(7)16-11(12)13/h4-5,11H,3H2,1-2H3. The zero-order valence-corrected chi connectivity index (χ0v) is 11.0. The van der Waals surface area contributed by atoms with E-state index < -0.39 is 6.61 Å². The van der Waals surface area contributed by atoms with Gasteiger partial charge in [0.15, 0.2) is 5.78 Å². The number of aryl methyl sites for hydroxylation is 1. The van der Waals surface area contributed by atoms with Crippen LogP contribution in [-0.2, 0) is 6.42 Å². The first-order valence-electron chi connectivity index (χ1n) is 4.73. The number of Topliss-reactive ketones (excluding diaryl/α,β-unsaturated/α-hetero) is 1. The van der Waals surface area contributed by atoms with Gasteiger partial charge in [-0.2, -0.15) is 8.78 Å². The molecule has 16 heavy (non-hydrogen) atoms. The first-order valence-corrected chi connectivity index (χ1v) is 5.81. The molecular weight excluding hydrogens is 329 g/mol. The van der Waals surface area contributed by atoms with Gasteiger partial charge in [-0.15, -0.1) is 0 Å². The molecule has 0 aromatic heterocycles. The van der Waals surface area contributed by atoms with E-state index >= 15 is 0 Å². The van der Waals surface area contributed by atoms with Gasteiger partial charge in [0.25, 0.3) is 0 Å². The molecular formula is C11H11F2IO2. The third-order valence-electron chi connectivity index (χ3n) is 2.13. The Hall–Kier alpha value is -0.720. The molecule has 0 aliphatic carbocycles. The zero-order valence-electron chi connectivity index (χ0n) is 8.89. The van der Waals surface area contributed by atoms with E-state index in [1.807, 2.05) is 29.5 Å². The molecule has 0 radical (unpaired) electrons. The minimum Gasteiger partial charge on any atom is -0.435 e. The SMILES string of the molecule is CCc1cc(C(C)=O)c(I)cc1OC(F)F. The van der Waals surface area contributed by atoms with Crippen LogP contribution < -0.4 is 4.74 Å². The van der Waals surface area contributed by atoms with Gasteiger partial charge in [0, 0.05) is 9.13 Å². The Morgan fingerprint density at radius 1 is 1.50 bits per heavy atom. The first-order chi connectivity index (χ1) is 7.45. The summed E-state index contributed by atoms with van der Waals surface area (Å²) < 4.78 is 29.3. The summed E-state index contributed by atoms with van der Waals surface area (Å²) in [6.45, 7) is 0.430. The molecule has 0 atom stereocenters. The molecule has 0 saturated carbocycles. The number of hydrogen-bond donors (Lipinski definition) is 0. The van der Waals surface area contributed by atoms with Crippen LogP contribution >= 0.6 is 22.6 Å². The van der Waals surface area contributed by atoms with E-state index in [-0.39, 0.29) is 11.5 Å². The van der Waals surface area contributed by atoms with E-state index in [0.717, 1.165) is 0 Å². The van der Waals surface area contributed by atoms with Gasteiger partial charge in [-0.05, 0) is 53.6 Å². The lowest BCUT2D eigenvalue weighted by Gasteiger charge is -2.12. The normalized spacial score (nSPS) is 10.6. The molecule has 0 fully saturated rings. The third-order valence-corrected chi connectivity index (χ3v) is 3.02. The topological polar surface area (TPSA) is 26.3 Å². The lowest BCUT2D eigenvalue weighted by Crippen LogP contribution is -2.06. The van der Waals surface area contributed by atoms with Crippen molar-refractivity contribution < 1.29 is 18.3 Å². The molecule has 1 aromatic rings. The minimum absolute atomic E-state index is 0.0808. The van der Waals surface area contributed by atoms with Gasteiger partial charge in [-0.25, -0.2) is 0 Å². The second-order valence-electron chi connectivity index (χ2n) is 3.23. The van der Waals surface area contributed by atoms with Crippen LogP contribution in [0.5, 0.6) is 5.75 Å². The van der Waals surface area contributed by atoms with Crippen molar-refractivity contribution in [1.82, 2.24) is 0 Å². The van der Waals surface area contributed by atoms with E-state index in [4.69, 9.17) is 0 Å². The average Bonchev–Trinajstić information content (AvgIpc) is 2.16. The molecule has 5 heteroatoms. The maximum absolute atomic E-state index is 12.1. The number of benzene rings is 1. The number of carbonyl (C=O) groups is 1. The summed E-state index contributed by atoms with van der Waals surface area (Å²) in [7, 11) is 0. The van der Waals surface area contributed by atoms with Gasteiger partial charge in [-0.3, -0.25) is 4.79 Å². The Labute approximate surface area is 106 Å². The molecule has 1 aromatic carbocycles. The van der Waals surface area contributed by atoms with Crippen molar-refractivity contribution >= 4 is 28.4 Å². The Morgan fingerprint density at radius 2 is 2.12 bits per heavy atom. The van der Waals surface area contributed by atoms with Crippen LogP contribution in [0.1, 0.15) is 29.8 Å². The molecule has 88 valence electrons. The van der Waals surface area contributed by atoms with E-state index in [0.29, 0.717) is 21.1 Å². The predicted molar refractivity (Wildman–Crippen MR) is 65.2 cm³/mol. The van der Waals surface area contributed by atoms with Gasteiger partial charge < -0.3 is 4.74 Å². The molecule has 0 amide bonds. The highest BCUT2D eigenvalue weighted by molar-refractivity contribution is 14.1. The highest BCUT2D eigenvalue weighted by Crippen LogP contribution is 2.27. The number of rotatable bonds is 4. The van der Waals surface area contributed by atoms with Gasteiger partial charge >= 0.3 is 6.61 Å². The van der Waals surface area contributed by atoms with E-state index in [1.165, 1.54) is 13.0 Å². The van der Waals surface area contributed by atoms with Crippen molar-refractivity contribution in [2.75, 3.05) is 0 Å². The van der Waals surface area contributed by atoms with E-state index in [9.17, 15) is 13.6 Å². The summed E-state index contributed by atoms with van der Waals surface area (Å²) in [6, 6.07) is 3.09. The van der Waals surface area contributed by atoms with Crippen LogP contribution in [0, 0.1) is 3.57 Å². The number of alkyl halides is 2. The molecule has 0 bridgehead atoms. The largest absolute Gasteiger partial charge is 0.435 e. The quantitative estimate of drug-likeness (QED) is 0.618. The van der Waals surface area contributed by atoms with Gasteiger partial charge in [0.05, 0.1) is 0 Å². The summed E-state index contributed by atoms with van der Waals surface area (Å²) >= 11 is 1.94. The van der Waals surface area contributed by atoms with Crippen molar-refractivity contribution in [3.8, 4) is 5.75 Å². The van der Waals surface area contributed by atoms with Crippen molar-refractivity contribution in [3.63, 3.8) is 0 Å². The van der Waals surface area contributed by atoms with Crippen molar-refractivity contribution in [1.29, 1.82) is 0 Å². The van der Waals surface area contributed by atoms with Crippen LogP contribution in [-0.4, -0.2) is 12.4 Å². The van der Waals surface area contributed by atoms with E-state index in [1.54, 1.807) is 6.07 Å². The summed E-state index contributed by atoms with van der Waals surface area (Å²) in [5.74, 6) is 0.0644. The number of carbonyl (C=O) groups excluding carboxylic acids is 1. The van der Waals surface area contributed by atoms with Crippen molar-refractivity contribution in [2.45, 2.75) is 26.9 Å². The van der Waals surface area contributed by atoms with Gasteiger partial charge in [-0.1, -0.05) is 6.92 Å². The number of halogens is 3. The van der Waals surface area contributed by atoms with Gasteiger partial charge in [0.2, 0.25) is 0 Å². The molecule has 0 unspecified atom stereocenters. The second kappa shape index (κ2) is 5.56. The van der Waals surface area contributed by atoms with E-state index in [2.05, 4.69) is 4.74 Å². The molecule has 0 spiro atoms. The lowest BCUT2D eigenvalue weighted by molar-refractivity contribution is -0.0504. The average molecular weight is 340 g/mol. The molecule has 0 heterocycles. The van der Waals surface area contributed by atoms with Crippen LogP contribution in [0.2, 0.25) is 0 Å². The molecule has 0 aliphatic heterocycles. The smallest absolute Gasteiger partial charge is 0.387 e. The maximum Gasteiger partial charge on any atom is 0.387 e. The minimum atomic E-state index is -2.84. The van der Waals surface area contributed by atoms with Crippen molar-refractivity contribution in [3.05, 3.63) is 26.8 Å². The molecule has 2 nitrogen and oxygen atoms in total. The highest BCUT2D eigenvalue weighted by atomic mass is 127. The fraction of sp³-hybridized carbons (Fsp3) is 0.364. The van der Waals surface area contributed by atoms with Crippen LogP contribution in [0.15, 0.2) is 12.1 Å². The Kier molecular flexibility index (Phi) is 4.64. The van der Waals surface area contributed by atoms with Crippen LogP contribution in [0.4, 0.5) is 8.78 Å².